The summed E-state index contributed by atoms with van der Waals surface area (Å²) >= 11 is 0. The number of rotatable bonds is 1. The van der Waals surface area contributed by atoms with Gasteiger partial charge in [-0.2, -0.15) is 0 Å². The number of likely N-dealkylation sites (tertiary alicyclic amines) is 1. The molecule has 0 radical (unpaired) electrons. The van der Waals surface area contributed by atoms with E-state index in [-0.39, 0.29) is 12.1 Å². The number of amides is 1. The summed E-state index contributed by atoms with van der Waals surface area (Å²) in [6.07, 6.45) is 2.49. The van der Waals surface area contributed by atoms with Crippen molar-refractivity contribution in [2.75, 3.05) is 6.54 Å². The molecular formula is C14H25NO3. The molecule has 3 atom stereocenters. The van der Waals surface area contributed by atoms with Crippen molar-refractivity contribution >= 4 is 12.4 Å². The number of hydrogen-bond donors (Lipinski definition) is 0. The molecule has 1 aliphatic heterocycles. The Bertz CT molecular complexity index is 309. The minimum Gasteiger partial charge on any atom is -0.444 e. The Labute approximate surface area is 110 Å². The second-order valence-electron chi connectivity index (χ2n) is 5.83. The molecule has 0 N–H and O–H groups in total. The third-order valence-corrected chi connectivity index (χ3v) is 3.23. The van der Waals surface area contributed by atoms with E-state index in [4.69, 9.17) is 4.74 Å². The Morgan fingerprint density at radius 1 is 1.22 bits per heavy atom. The topological polar surface area (TPSA) is 46.6 Å². The molecule has 1 saturated heterocycles. The summed E-state index contributed by atoms with van der Waals surface area (Å²) < 4.78 is 5.30. The van der Waals surface area contributed by atoms with Gasteiger partial charge in [0.05, 0.1) is 6.04 Å². The predicted molar refractivity (Wildman–Crippen MR) is 70.4 cm³/mol. The molecule has 2 fully saturated rings. The van der Waals surface area contributed by atoms with Crippen LogP contribution in [-0.4, -0.2) is 35.5 Å². The van der Waals surface area contributed by atoms with Crippen molar-refractivity contribution in [3.63, 3.8) is 0 Å². The first-order valence-electron chi connectivity index (χ1n) is 6.85. The largest absolute Gasteiger partial charge is 0.444 e. The summed E-state index contributed by atoms with van der Waals surface area (Å²) in [6.45, 7) is 10.2. The molecule has 2 aliphatic rings. The van der Waals surface area contributed by atoms with Gasteiger partial charge in [0.2, 0.25) is 0 Å². The molecule has 1 amide bonds. The van der Waals surface area contributed by atoms with E-state index in [1.54, 1.807) is 4.90 Å². The number of hydrogen-bond acceptors (Lipinski definition) is 3. The number of piperidine rings is 1. The van der Waals surface area contributed by atoms with Gasteiger partial charge in [-0.1, -0.05) is 13.8 Å². The number of carbonyl (C=O) groups is 2. The Hall–Kier alpha value is -1.06. The molecule has 0 bridgehead atoms. The summed E-state index contributed by atoms with van der Waals surface area (Å²) in [5.74, 6) is 1.26. The molecule has 4 heteroatoms. The van der Waals surface area contributed by atoms with Crippen molar-refractivity contribution in [3.8, 4) is 0 Å². The summed E-state index contributed by atoms with van der Waals surface area (Å²) in [5, 5.41) is 0. The lowest BCUT2D eigenvalue weighted by Gasteiger charge is -2.33. The van der Waals surface area contributed by atoms with Gasteiger partial charge in [-0.25, -0.2) is 4.79 Å². The molecule has 0 spiro atoms. The van der Waals surface area contributed by atoms with Crippen LogP contribution in [0.3, 0.4) is 0 Å². The average Bonchev–Trinajstić information content (AvgIpc) is 3.05. The van der Waals surface area contributed by atoms with E-state index in [9.17, 15) is 9.59 Å². The third-order valence-electron chi connectivity index (χ3n) is 3.23. The Morgan fingerprint density at radius 3 is 2.33 bits per heavy atom. The zero-order valence-electron chi connectivity index (χ0n) is 12.1. The van der Waals surface area contributed by atoms with Gasteiger partial charge in [-0.05, 0) is 45.4 Å². The molecule has 0 aromatic heterocycles. The van der Waals surface area contributed by atoms with Gasteiger partial charge >= 0.3 is 6.09 Å². The first-order chi connectivity index (χ1) is 8.40. The lowest BCUT2D eigenvalue weighted by atomic mass is 10.0. The highest BCUT2D eigenvalue weighted by Gasteiger charge is 2.47. The highest BCUT2D eigenvalue weighted by molar-refractivity contribution is 5.74. The van der Waals surface area contributed by atoms with E-state index in [2.05, 4.69) is 0 Å². The Morgan fingerprint density at radius 2 is 1.83 bits per heavy atom. The molecule has 0 aromatic carbocycles. The van der Waals surface area contributed by atoms with Crippen LogP contribution >= 0.6 is 0 Å². The van der Waals surface area contributed by atoms with Crippen LogP contribution in [0.4, 0.5) is 4.79 Å². The van der Waals surface area contributed by atoms with E-state index in [0.29, 0.717) is 18.4 Å². The van der Waals surface area contributed by atoms with Crippen LogP contribution in [0.15, 0.2) is 0 Å². The molecule has 1 saturated carbocycles. The van der Waals surface area contributed by atoms with E-state index < -0.39 is 5.60 Å². The van der Waals surface area contributed by atoms with E-state index >= 15 is 0 Å². The van der Waals surface area contributed by atoms with Gasteiger partial charge in [-0.15, -0.1) is 0 Å². The minimum absolute atomic E-state index is 0.279. The van der Waals surface area contributed by atoms with Gasteiger partial charge in [0.1, 0.15) is 11.9 Å². The predicted octanol–water partition coefficient (Wildman–Crippen LogP) is 2.86. The molecule has 2 rings (SSSR count). The van der Waals surface area contributed by atoms with Gasteiger partial charge < -0.3 is 9.53 Å². The third kappa shape index (κ3) is 3.72. The van der Waals surface area contributed by atoms with Crippen molar-refractivity contribution in [1.82, 2.24) is 4.90 Å². The normalized spacial score (nSPS) is 29.6. The summed E-state index contributed by atoms with van der Waals surface area (Å²) in [5.41, 5.74) is -0.495. The molecule has 1 heterocycles. The van der Waals surface area contributed by atoms with E-state index in [1.165, 1.54) is 0 Å². The molecule has 1 aliphatic carbocycles. The second-order valence-corrected chi connectivity index (χ2v) is 5.83. The second kappa shape index (κ2) is 5.72. The van der Waals surface area contributed by atoms with Gasteiger partial charge in [0.15, 0.2) is 0 Å². The fourth-order valence-corrected chi connectivity index (χ4v) is 2.31. The Balaban J connectivity index is 0.000000771. The fourth-order valence-electron chi connectivity index (χ4n) is 2.31. The SMILES string of the molecule is CC.CC(C)(C)OC(=O)N1CC2CC2CC1C=O. The smallest absolute Gasteiger partial charge is 0.410 e. The molecule has 104 valence electrons. The lowest BCUT2D eigenvalue weighted by Crippen LogP contribution is -2.47. The molecule has 3 unspecified atom stereocenters. The van der Waals surface area contributed by atoms with Crippen molar-refractivity contribution in [1.29, 1.82) is 0 Å². The number of fused-ring (bicyclic) bond motifs is 1. The highest BCUT2D eigenvalue weighted by atomic mass is 16.6. The molecule has 4 nitrogen and oxygen atoms in total. The van der Waals surface area contributed by atoms with E-state index in [1.807, 2.05) is 34.6 Å². The van der Waals surface area contributed by atoms with Crippen LogP contribution in [0.1, 0.15) is 47.5 Å². The van der Waals surface area contributed by atoms with Gasteiger partial charge in [-0.3, -0.25) is 4.90 Å². The standard InChI is InChI=1S/C12H19NO3.C2H6/c1-12(2,3)16-11(15)13-6-9-4-8(9)5-10(13)7-14;1-2/h7-10H,4-6H2,1-3H3;1-2H3. The van der Waals surface area contributed by atoms with Crippen LogP contribution in [-0.2, 0) is 9.53 Å². The minimum atomic E-state index is -0.495. The maximum atomic E-state index is 11.9. The quantitative estimate of drug-likeness (QED) is 0.677. The summed E-state index contributed by atoms with van der Waals surface area (Å²) in [6, 6.07) is -0.279. The number of nitrogens with zero attached hydrogens (tertiary/aromatic N) is 1. The van der Waals surface area contributed by atoms with Crippen LogP contribution in [0, 0.1) is 11.8 Å². The van der Waals surface area contributed by atoms with Crippen LogP contribution in [0.2, 0.25) is 0 Å². The zero-order chi connectivity index (χ0) is 13.9. The molecule has 0 aromatic rings. The summed E-state index contributed by atoms with van der Waals surface area (Å²) in [4.78, 5) is 24.4. The van der Waals surface area contributed by atoms with Crippen molar-refractivity contribution in [2.24, 2.45) is 11.8 Å². The molecular weight excluding hydrogens is 230 g/mol. The average molecular weight is 255 g/mol. The first kappa shape index (κ1) is 15.0. The first-order valence-corrected chi connectivity index (χ1v) is 6.85. The lowest BCUT2D eigenvalue weighted by molar-refractivity contribution is -0.113. The van der Waals surface area contributed by atoms with Gasteiger partial charge in [0.25, 0.3) is 0 Å². The maximum absolute atomic E-state index is 11.9. The van der Waals surface area contributed by atoms with E-state index in [0.717, 1.165) is 19.1 Å². The van der Waals surface area contributed by atoms with Crippen LogP contribution < -0.4 is 0 Å². The summed E-state index contributed by atoms with van der Waals surface area (Å²) in [7, 11) is 0. The van der Waals surface area contributed by atoms with Crippen molar-refractivity contribution in [2.45, 2.75) is 59.1 Å². The number of ether oxygens (including phenoxy) is 1. The van der Waals surface area contributed by atoms with Crippen molar-refractivity contribution < 1.29 is 14.3 Å². The monoisotopic (exact) mass is 255 g/mol. The zero-order valence-corrected chi connectivity index (χ0v) is 12.1. The number of carbonyl (C=O) groups excluding carboxylic acids is 2. The van der Waals surface area contributed by atoms with Crippen LogP contribution in [0.5, 0.6) is 0 Å². The van der Waals surface area contributed by atoms with Crippen LogP contribution in [0.25, 0.3) is 0 Å². The van der Waals surface area contributed by atoms with Crippen molar-refractivity contribution in [3.05, 3.63) is 0 Å². The van der Waals surface area contributed by atoms with Gasteiger partial charge in [0, 0.05) is 6.54 Å². The Kier molecular flexibility index (Phi) is 4.77. The number of aldehydes is 1. The molecule has 18 heavy (non-hydrogen) atoms. The highest BCUT2D eigenvalue weighted by Crippen LogP contribution is 2.46. The fraction of sp³-hybridized carbons (Fsp3) is 0.857. The maximum Gasteiger partial charge on any atom is 0.410 e.